The first-order valence-electron chi connectivity index (χ1n) is 10.7. The van der Waals surface area contributed by atoms with Crippen molar-refractivity contribution in [2.75, 3.05) is 20.2 Å². The number of carbonyl (C=O) groups is 3. The molecule has 1 fully saturated rings. The Hall–Kier alpha value is -1.79. The summed E-state index contributed by atoms with van der Waals surface area (Å²) in [5, 5.41) is 2.39. The fourth-order valence-electron chi connectivity index (χ4n) is 2.01. The fourth-order valence-corrected chi connectivity index (χ4v) is 2.01. The zero-order valence-electron chi connectivity index (χ0n) is 20.7. The van der Waals surface area contributed by atoms with E-state index in [0.29, 0.717) is 13.0 Å². The smallest absolute Gasteiger partial charge is 0.408 e. The molecule has 174 valence electrons. The number of rotatable bonds is 3. The van der Waals surface area contributed by atoms with Gasteiger partial charge in [0.1, 0.15) is 18.2 Å². The monoisotopic (exact) mass is 418 g/mol. The van der Waals surface area contributed by atoms with E-state index >= 15 is 0 Å². The Labute approximate surface area is 178 Å². The van der Waals surface area contributed by atoms with Crippen LogP contribution < -0.4 is 5.32 Å². The molecule has 2 amide bonds. The van der Waals surface area contributed by atoms with Gasteiger partial charge in [0.05, 0.1) is 7.11 Å². The highest BCUT2D eigenvalue weighted by Gasteiger charge is 2.34. The van der Waals surface area contributed by atoms with Crippen LogP contribution in [0.25, 0.3) is 0 Å². The van der Waals surface area contributed by atoms with E-state index in [1.54, 1.807) is 20.8 Å². The Balaban J connectivity index is -0.000000639. The zero-order valence-corrected chi connectivity index (χ0v) is 20.7. The molecule has 0 aliphatic carbocycles. The molecule has 7 heteroatoms. The van der Waals surface area contributed by atoms with Crippen molar-refractivity contribution in [3.63, 3.8) is 0 Å². The number of esters is 1. The van der Waals surface area contributed by atoms with Crippen molar-refractivity contribution in [2.45, 2.75) is 100 Å². The highest BCUT2D eigenvalue weighted by Crippen LogP contribution is 2.18. The van der Waals surface area contributed by atoms with E-state index in [1.807, 2.05) is 13.8 Å². The Morgan fingerprint density at radius 2 is 1.55 bits per heavy atom. The molecular weight excluding hydrogens is 372 g/mol. The van der Waals surface area contributed by atoms with Gasteiger partial charge < -0.3 is 19.7 Å². The Bertz CT molecular complexity index is 442. The summed E-state index contributed by atoms with van der Waals surface area (Å²) in [7, 11) is 1.29. The van der Waals surface area contributed by atoms with E-state index in [1.165, 1.54) is 18.4 Å². The molecular formula is C22H46N2O5. The molecule has 1 N–H and O–H groups in total. The normalized spacial score (nSPS) is 14.9. The second-order valence-electron chi connectivity index (χ2n) is 8.06. The lowest BCUT2D eigenvalue weighted by atomic mass is 10.2. The van der Waals surface area contributed by atoms with Crippen LogP contribution in [0.3, 0.4) is 0 Å². The lowest BCUT2D eigenvalue weighted by Gasteiger charge is -2.23. The maximum absolute atomic E-state index is 12.0. The minimum absolute atomic E-state index is 0.192. The van der Waals surface area contributed by atoms with Crippen LogP contribution in [0.15, 0.2) is 0 Å². The zero-order chi connectivity index (χ0) is 23.6. The lowest BCUT2D eigenvalue weighted by Crippen LogP contribution is -2.46. The van der Waals surface area contributed by atoms with Gasteiger partial charge >= 0.3 is 12.1 Å². The number of ether oxygens (including phenoxy) is 2. The molecule has 1 unspecified atom stereocenters. The summed E-state index contributed by atoms with van der Waals surface area (Å²) in [6, 6.07) is -0.548. The van der Waals surface area contributed by atoms with E-state index in [2.05, 4.69) is 44.7 Å². The van der Waals surface area contributed by atoms with Crippen LogP contribution in [0, 0.1) is 5.92 Å². The number of methoxy groups -OCH3 is 1. The molecule has 0 bridgehead atoms. The number of hydrogen-bond acceptors (Lipinski definition) is 5. The topological polar surface area (TPSA) is 84.9 Å². The number of likely N-dealkylation sites (tertiary alicyclic amines) is 1. The van der Waals surface area contributed by atoms with Crippen molar-refractivity contribution in [3.8, 4) is 0 Å². The predicted molar refractivity (Wildman–Crippen MR) is 119 cm³/mol. The number of hydrogen-bond donors (Lipinski definition) is 1. The first-order chi connectivity index (χ1) is 13.4. The van der Waals surface area contributed by atoms with Gasteiger partial charge in [-0.3, -0.25) is 4.79 Å². The van der Waals surface area contributed by atoms with Gasteiger partial charge in [-0.25, -0.2) is 9.59 Å². The number of nitrogens with zero attached hydrogens (tertiary/aromatic N) is 1. The van der Waals surface area contributed by atoms with E-state index < -0.39 is 23.7 Å². The summed E-state index contributed by atoms with van der Waals surface area (Å²) >= 11 is 0. The van der Waals surface area contributed by atoms with Gasteiger partial charge in [0.25, 0.3) is 0 Å². The number of alkyl carbamates (subject to hydrolysis) is 1. The summed E-state index contributed by atoms with van der Waals surface area (Å²) in [4.78, 5) is 36.4. The molecule has 29 heavy (non-hydrogen) atoms. The predicted octanol–water partition coefficient (Wildman–Crippen LogP) is 4.78. The van der Waals surface area contributed by atoms with Gasteiger partial charge in [-0.05, 0) is 39.5 Å². The van der Waals surface area contributed by atoms with Gasteiger partial charge in [0, 0.05) is 6.54 Å². The first kappa shape index (κ1) is 31.9. The van der Waals surface area contributed by atoms with Crippen molar-refractivity contribution >= 4 is 18.0 Å². The minimum Gasteiger partial charge on any atom is -0.467 e. The van der Waals surface area contributed by atoms with Gasteiger partial charge in [0.2, 0.25) is 5.91 Å². The van der Waals surface area contributed by atoms with Gasteiger partial charge in [-0.2, -0.15) is 0 Å². The Kier molecular flexibility index (Phi) is 20.1. The van der Waals surface area contributed by atoms with E-state index in [-0.39, 0.29) is 12.5 Å². The third kappa shape index (κ3) is 19.3. The molecule has 0 aromatic rings. The van der Waals surface area contributed by atoms with E-state index in [9.17, 15) is 14.4 Å². The van der Waals surface area contributed by atoms with Crippen LogP contribution in [0.1, 0.15) is 88.5 Å². The summed E-state index contributed by atoms with van der Waals surface area (Å²) in [6.45, 7) is 20.3. The van der Waals surface area contributed by atoms with Gasteiger partial charge in [0.15, 0.2) is 0 Å². The van der Waals surface area contributed by atoms with Crippen LogP contribution in [0.4, 0.5) is 4.79 Å². The molecule has 0 saturated carbocycles. The van der Waals surface area contributed by atoms with Crippen LogP contribution >= 0.6 is 0 Å². The maximum Gasteiger partial charge on any atom is 0.408 e. The highest BCUT2D eigenvalue weighted by molar-refractivity contribution is 5.87. The van der Waals surface area contributed by atoms with Crippen molar-refractivity contribution in [1.82, 2.24) is 10.2 Å². The molecule has 1 heterocycles. The molecule has 1 atom stereocenters. The highest BCUT2D eigenvalue weighted by atomic mass is 16.6. The third-order valence-electron chi connectivity index (χ3n) is 2.83. The third-order valence-corrected chi connectivity index (χ3v) is 2.83. The number of amides is 2. The van der Waals surface area contributed by atoms with Gasteiger partial charge in [-0.1, -0.05) is 54.9 Å². The lowest BCUT2D eigenvalue weighted by molar-refractivity contribution is -0.150. The quantitative estimate of drug-likeness (QED) is 0.667. The van der Waals surface area contributed by atoms with Crippen LogP contribution in [0.2, 0.25) is 0 Å². The minimum atomic E-state index is -0.653. The second kappa shape index (κ2) is 18.3. The first-order valence-corrected chi connectivity index (χ1v) is 10.7. The second-order valence-corrected chi connectivity index (χ2v) is 8.06. The molecule has 0 aromatic carbocycles. The standard InChI is InChI=1S/C13H22N2O5.C4H10.C3H8.C2H6/c1-13(2,3)20-12(18)14-8-10(16)15-7-5-6-9(15)11(17)19-4;1-4(2)3;1-3-2;1-2/h9H,5-8H2,1-4H3,(H,14,18);4H,1-3H3;3H2,1-2H3;1-2H3. The van der Waals surface area contributed by atoms with Gasteiger partial charge in [-0.15, -0.1) is 0 Å². The van der Waals surface area contributed by atoms with Crippen molar-refractivity contribution in [1.29, 1.82) is 0 Å². The molecule has 0 spiro atoms. The SMILES string of the molecule is CC.CC(C)C.CCC.COC(=O)C1CCCN1C(=O)CNC(=O)OC(C)(C)C. The Morgan fingerprint density at radius 1 is 1.10 bits per heavy atom. The molecule has 1 aliphatic heterocycles. The summed E-state index contributed by atoms with van der Waals surface area (Å²) in [5.74, 6) is 0.0943. The molecule has 1 aliphatic rings. The van der Waals surface area contributed by atoms with Crippen LogP contribution in [0.5, 0.6) is 0 Å². The Morgan fingerprint density at radius 3 is 1.93 bits per heavy atom. The molecule has 0 radical (unpaired) electrons. The summed E-state index contributed by atoms with van der Waals surface area (Å²) in [5.41, 5.74) is -0.616. The van der Waals surface area contributed by atoms with E-state index in [4.69, 9.17) is 4.74 Å². The number of nitrogens with one attached hydrogen (secondary N) is 1. The molecule has 0 aromatic heterocycles. The number of carbonyl (C=O) groups excluding carboxylic acids is 3. The van der Waals surface area contributed by atoms with Crippen molar-refractivity contribution in [2.24, 2.45) is 5.92 Å². The van der Waals surface area contributed by atoms with Crippen LogP contribution in [-0.2, 0) is 19.1 Å². The maximum atomic E-state index is 12.0. The molecule has 1 saturated heterocycles. The summed E-state index contributed by atoms with van der Waals surface area (Å²) in [6.07, 6.45) is 1.93. The average Bonchev–Trinajstić information content (AvgIpc) is 3.09. The fraction of sp³-hybridized carbons (Fsp3) is 0.864. The molecule has 1 rings (SSSR count). The summed E-state index contributed by atoms with van der Waals surface area (Å²) < 4.78 is 9.69. The average molecular weight is 419 g/mol. The van der Waals surface area contributed by atoms with Crippen molar-refractivity contribution < 1.29 is 23.9 Å². The largest absolute Gasteiger partial charge is 0.467 e. The van der Waals surface area contributed by atoms with Crippen molar-refractivity contribution in [3.05, 3.63) is 0 Å². The molecule has 7 nitrogen and oxygen atoms in total. The van der Waals surface area contributed by atoms with E-state index in [0.717, 1.165) is 12.3 Å². The van der Waals surface area contributed by atoms with Crippen LogP contribution in [-0.4, -0.2) is 54.7 Å².